The van der Waals surface area contributed by atoms with E-state index in [2.05, 4.69) is 17.3 Å². The van der Waals surface area contributed by atoms with Crippen molar-refractivity contribution in [3.8, 4) is 12.3 Å². The van der Waals surface area contributed by atoms with Gasteiger partial charge >= 0.3 is 0 Å². The lowest BCUT2D eigenvalue weighted by molar-refractivity contribution is 0.689. The maximum Gasteiger partial charge on any atom is 0.00683 e. The van der Waals surface area contributed by atoms with Gasteiger partial charge in [0.2, 0.25) is 0 Å². The molecule has 0 bridgehead atoms. The second-order valence-electron chi connectivity index (χ2n) is 3.05. The summed E-state index contributed by atoms with van der Waals surface area (Å²) < 4.78 is 0. The average Bonchev–Trinajstić information content (AvgIpc) is 2.81. The van der Waals surface area contributed by atoms with Gasteiger partial charge in [-0.25, -0.2) is 0 Å². The van der Waals surface area contributed by atoms with Crippen molar-refractivity contribution < 1.29 is 0 Å². The molecule has 0 aromatic heterocycles. The standard InChI is InChI=1S/C10H15N/c1-3-9(2)5-4-8-11-10-6-7-10/h1,5,10-11H,4,6-8H2,2H3. The Balaban J connectivity index is 1.98. The number of nitrogens with one attached hydrogen (secondary N) is 1. The number of terminal acetylenes is 1. The first kappa shape index (κ1) is 8.36. The van der Waals surface area contributed by atoms with E-state index in [-0.39, 0.29) is 0 Å². The van der Waals surface area contributed by atoms with Crippen LogP contribution in [0.2, 0.25) is 0 Å². The third kappa shape index (κ3) is 3.85. The van der Waals surface area contributed by atoms with Crippen LogP contribution in [0.15, 0.2) is 11.6 Å². The zero-order valence-electron chi connectivity index (χ0n) is 7.06. The maximum absolute atomic E-state index is 5.19. The molecule has 11 heavy (non-hydrogen) atoms. The van der Waals surface area contributed by atoms with E-state index in [1.807, 2.05) is 6.92 Å². The van der Waals surface area contributed by atoms with Crippen molar-refractivity contribution in [2.45, 2.75) is 32.2 Å². The number of hydrogen-bond acceptors (Lipinski definition) is 1. The molecule has 1 N–H and O–H groups in total. The molecule has 0 saturated heterocycles. The Bertz CT molecular complexity index is 182. The molecular weight excluding hydrogens is 134 g/mol. The Hall–Kier alpha value is -0.740. The molecule has 1 aliphatic carbocycles. The Labute approximate surface area is 68.9 Å². The zero-order chi connectivity index (χ0) is 8.10. The summed E-state index contributed by atoms with van der Waals surface area (Å²) in [5, 5.41) is 3.42. The Morgan fingerprint density at radius 1 is 1.73 bits per heavy atom. The SMILES string of the molecule is C#CC(C)=CCCNC1CC1. The first-order valence-corrected chi connectivity index (χ1v) is 4.19. The van der Waals surface area contributed by atoms with Gasteiger partial charge in [0, 0.05) is 6.04 Å². The van der Waals surface area contributed by atoms with Crippen LogP contribution in [-0.2, 0) is 0 Å². The van der Waals surface area contributed by atoms with Crippen LogP contribution in [-0.4, -0.2) is 12.6 Å². The van der Waals surface area contributed by atoms with Gasteiger partial charge in [-0.2, -0.15) is 0 Å². The van der Waals surface area contributed by atoms with Crippen LogP contribution < -0.4 is 5.32 Å². The molecule has 0 heterocycles. The van der Waals surface area contributed by atoms with Gasteiger partial charge in [-0.1, -0.05) is 12.0 Å². The van der Waals surface area contributed by atoms with E-state index in [1.165, 1.54) is 12.8 Å². The van der Waals surface area contributed by atoms with E-state index < -0.39 is 0 Å². The zero-order valence-corrected chi connectivity index (χ0v) is 7.06. The van der Waals surface area contributed by atoms with Crippen molar-refractivity contribution in [1.82, 2.24) is 5.32 Å². The van der Waals surface area contributed by atoms with Crippen molar-refractivity contribution in [2.24, 2.45) is 0 Å². The van der Waals surface area contributed by atoms with E-state index in [0.29, 0.717) is 0 Å². The van der Waals surface area contributed by atoms with Crippen molar-refractivity contribution >= 4 is 0 Å². The molecule has 0 amide bonds. The molecule has 1 saturated carbocycles. The van der Waals surface area contributed by atoms with Crippen LogP contribution in [0, 0.1) is 12.3 Å². The molecule has 0 radical (unpaired) electrons. The molecule has 1 heteroatoms. The predicted octanol–water partition coefficient (Wildman–Crippen LogP) is 1.71. The first-order valence-electron chi connectivity index (χ1n) is 4.19. The van der Waals surface area contributed by atoms with E-state index in [9.17, 15) is 0 Å². The second-order valence-corrected chi connectivity index (χ2v) is 3.05. The quantitative estimate of drug-likeness (QED) is 0.474. The van der Waals surface area contributed by atoms with Gasteiger partial charge < -0.3 is 5.32 Å². The minimum Gasteiger partial charge on any atom is -0.314 e. The highest BCUT2D eigenvalue weighted by molar-refractivity contribution is 5.22. The molecule has 1 nitrogen and oxygen atoms in total. The van der Waals surface area contributed by atoms with Crippen molar-refractivity contribution in [3.63, 3.8) is 0 Å². The first-order chi connectivity index (χ1) is 5.33. The Morgan fingerprint density at radius 2 is 2.45 bits per heavy atom. The topological polar surface area (TPSA) is 12.0 Å². The van der Waals surface area contributed by atoms with E-state index >= 15 is 0 Å². The smallest absolute Gasteiger partial charge is 0.00683 e. The summed E-state index contributed by atoms with van der Waals surface area (Å²) in [6.45, 7) is 3.04. The van der Waals surface area contributed by atoms with Gasteiger partial charge in [0.1, 0.15) is 0 Å². The fourth-order valence-electron chi connectivity index (χ4n) is 0.923. The highest BCUT2D eigenvalue weighted by Crippen LogP contribution is 2.18. The van der Waals surface area contributed by atoms with Crippen LogP contribution in [0.25, 0.3) is 0 Å². The summed E-state index contributed by atoms with van der Waals surface area (Å²) in [6, 6.07) is 0.814. The third-order valence-corrected chi connectivity index (χ3v) is 1.83. The summed E-state index contributed by atoms with van der Waals surface area (Å²) in [7, 11) is 0. The monoisotopic (exact) mass is 149 g/mol. The molecule has 1 rings (SSSR count). The third-order valence-electron chi connectivity index (χ3n) is 1.83. The highest BCUT2D eigenvalue weighted by atomic mass is 14.9. The molecule has 0 unspecified atom stereocenters. The normalized spacial score (nSPS) is 18.0. The minimum absolute atomic E-state index is 0.814. The number of rotatable bonds is 4. The molecular formula is C10H15N. The predicted molar refractivity (Wildman–Crippen MR) is 48.2 cm³/mol. The maximum atomic E-state index is 5.19. The van der Waals surface area contributed by atoms with Crippen LogP contribution >= 0.6 is 0 Å². The molecule has 0 spiro atoms. The Kier molecular flexibility index (Phi) is 3.19. The summed E-state index contributed by atoms with van der Waals surface area (Å²) >= 11 is 0. The summed E-state index contributed by atoms with van der Waals surface area (Å²) in [6.07, 6.45) is 11.1. The second kappa shape index (κ2) is 4.20. The van der Waals surface area contributed by atoms with Gasteiger partial charge in [-0.15, -0.1) is 6.42 Å². The average molecular weight is 149 g/mol. The lowest BCUT2D eigenvalue weighted by Crippen LogP contribution is -2.16. The largest absolute Gasteiger partial charge is 0.314 e. The van der Waals surface area contributed by atoms with Crippen LogP contribution in [0.5, 0.6) is 0 Å². The van der Waals surface area contributed by atoms with Crippen molar-refractivity contribution in [3.05, 3.63) is 11.6 Å². The lowest BCUT2D eigenvalue weighted by atomic mass is 10.2. The molecule has 0 aliphatic heterocycles. The summed E-state index contributed by atoms with van der Waals surface area (Å²) in [5.74, 6) is 2.60. The fourth-order valence-corrected chi connectivity index (χ4v) is 0.923. The molecule has 1 aliphatic rings. The minimum atomic E-state index is 0.814. The number of hydrogen-bond donors (Lipinski definition) is 1. The molecule has 0 atom stereocenters. The number of allylic oxidation sites excluding steroid dienone is 1. The van der Waals surface area contributed by atoms with Crippen LogP contribution in [0.3, 0.4) is 0 Å². The molecule has 1 fully saturated rings. The van der Waals surface area contributed by atoms with Gasteiger partial charge in [0.25, 0.3) is 0 Å². The van der Waals surface area contributed by atoms with Crippen molar-refractivity contribution in [1.29, 1.82) is 0 Å². The molecule has 0 aromatic rings. The fraction of sp³-hybridized carbons (Fsp3) is 0.600. The molecule has 60 valence electrons. The van der Waals surface area contributed by atoms with Gasteiger partial charge in [0.15, 0.2) is 0 Å². The Morgan fingerprint density at radius 3 is 3.00 bits per heavy atom. The van der Waals surface area contributed by atoms with Gasteiger partial charge in [0.05, 0.1) is 0 Å². The molecule has 0 aromatic carbocycles. The lowest BCUT2D eigenvalue weighted by Gasteiger charge is -1.97. The van der Waals surface area contributed by atoms with Crippen LogP contribution in [0.1, 0.15) is 26.2 Å². The highest BCUT2D eigenvalue weighted by Gasteiger charge is 2.19. The summed E-state index contributed by atoms with van der Waals surface area (Å²) in [4.78, 5) is 0. The van der Waals surface area contributed by atoms with Crippen LogP contribution in [0.4, 0.5) is 0 Å². The van der Waals surface area contributed by atoms with E-state index in [1.54, 1.807) is 0 Å². The summed E-state index contributed by atoms with van der Waals surface area (Å²) in [5.41, 5.74) is 1.04. The van der Waals surface area contributed by atoms with E-state index in [4.69, 9.17) is 6.42 Å². The van der Waals surface area contributed by atoms with E-state index in [0.717, 1.165) is 24.6 Å². The van der Waals surface area contributed by atoms with Crippen molar-refractivity contribution in [2.75, 3.05) is 6.54 Å². The van der Waals surface area contributed by atoms with Gasteiger partial charge in [-0.05, 0) is 38.3 Å². The van der Waals surface area contributed by atoms with Gasteiger partial charge in [-0.3, -0.25) is 0 Å².